The number of fused-ring (bicyclic) bond motifs is 1. The van der Waals surface area contributed by atoms with E-state index in [4.69, 9.17) is 4.74 Å². The Bertz CT molecular complexity index is 374. The van der Waals surface area contributed by atoms with Crippen LogP contribution in [0.15, 0.2) is 24.3 Å². The second kappa shape index (κ2) is 5.17. The minimum absolute atomic E-state index is 0.550. The van der Waals surface area contributed by atoms with Crippen molar-refractivity contribution in [3.05, 3.63) is 35.4 Å². The summed E-state index contributed by atoms with van der Waals surface area (Å²) in [7, 11) is 0. The zero-order chi connectivity index (χ0) is 11.5. The van der Waals surface area contributed by atoms with Gasteiger partial charge in [0.15, 0.2) is 0 Å². The SMILES string of the molecule is c1ccc2c(c1)CNC2CCN1CCOCC1. The molecule has 1 atom stereocenters. The Hall–Kier alpha value is -0.900. The molecule has 0 aliphatic carbocycles. The average Bonchev–Trinajstić information content (AvgIpc) is 2.81. The summed E-state index contributed by atoms with van der Waals surface area (Å²) >= 11 is 0. The Kier molecular flexibility index (Phi) is 3.41. The van der Waals surface area contributed by atoms with Crippen LogP contribution in [-0.4, -0.2) is 37.7 Å². The van der Waals surface area contributed by atoms with Crippen LogP contribution < -0.4 is 5.32 Å². The van der Waals surface area contributed by atoms with Crippen LogP contribution in [0.25, 0.3) is 0 Å². The first kappa shape index (κ1) is 11.2. The molecule has 0 amide bonds. The summed E-state index contributed by atoms with van der Waals surface area (Å²) in [5, 5.41) is 3.60. The van der Waals surface area contributed by atoms with E-state index in [1.165, 1.54) is 24.1 Å². The van der Waals surface area contributed by atoms with Gasteiger partial charge < -0.3 is 10.1 Å². The van der Waals surface area contributed by atoms with Crippen molar-refractivity contribution in [2.75, 3.05) is 32.8 Å². The van der Waals surface area contributed by atoms with Crippen LogP contribution in [0, 0.1) is 0 Å². The van der Waals surface area contributed by atoms with Crippen molar-refractivity contribution in [2.45, 2.75) is 19.0 Å². The lowest BCUT2D eigenvalue weighted by atomic mass is 10.0. The lowest BCUT2D eigenvalue weighted by Gasteiger charge is -2.27. The molecule has 2 aliphatic heterocycles. The molecule has 0 saturated carbocycles. The number of rotatable bonds is 3. The molecule has 2 aliphatic rings. The normalized spacial score (nSPS) is 24.8. The molecule has 3 heteroatoms. The van der Waals surface area contributed by atoms with Crippen LogP contribution >= 0.6 is 0 Å². The van der Waals surface area contributed by atoms with Gasteiger partial charge in [0.25, 0.3) is 0 Å². The monoisotopic (exact) mass is 232 g/mol. The quantitative estimate of drug-likeness (QED) is 0.856. The Morgan fingerprint density at radius 1 is 1.24 bits per heavy atom. The third kappa shape index (κ3) is 2.51. The summed E-state index contributed by atoms with van der Waals surface area (Å²) in [4.78, 5) is 2.51. The number of hydrogen-bond acceptors (Lipinski definition) is 3. The maximum Gasteiger partial charge on any atom is 0.0594 e. The van der Waals surface area contributed by atoms with Crippen LogP contribution in [0.2, 0.25) is 0 Å². The second-order valence-corrected chi connectivity index (χ2v) is 4.87. The van der Waals surface area contributed by atoms with Gasteiger partial charge in [0.05, 0.1) is 13.2 Å². The fourth-order valence-corrected chi connectivity index (χ4v) is 2.77. The predicted molar refractivity (Wildman–Crippen MR) is 67.9 cm³/mol. The van der Waals surface area contributed by atoms with Crippen LogP contribution in [0.4, 0.5) is 0 Å². The number of nitrogens with zero attached hydrogens (tertiary/aromatic N) is 1. The molecule has 3 rings (SSSR count). The number of benzene rings is 1. The molecule has 0 radical (unpaired) electrons. The molecular weight excluding hydrogens is 212 g/mol. The molecule has 2 heterocycles. The third-order valence-electron chi connectivity index (χ3n) is 3.81. The van der Waals surface area contributed by atoms with E-state index in [0.29, 0.717) is 6.04 Å². The topological polar surface area (TPSA) is 24.5 Å². The fourth-order valence-electron chi connectivity index (χ4n) is 2.77. The van der Waals surface area contributed by atoms with Crippen LogP contribution in [0.3, 0.4) is 0 Å². The molecule has 1 fully saturated rings. The summed E-state index contributed by atoms with van der Waals surface area (Å²) in [5.41, 5.74) is 2.97. The highest BCUT2D eigenvalue weighted by molar-refractivity contribution is 5.33. The van der Waals surface area contributed by atoms with Gasteiger partial charge in [-0.3, -0.25) is 4.90 Å². The lowest BCUT2D eigenvalue weighted by molar-refractivity contribution is 0.0363. The van der Waals surface area contributed by atoms with Crippen LogP contribution in [0.1, 0.15) is 23.6 Å². The van der Waals surface area contributed by atoms with Gasteiger partial charge in [-0.15, -0.1) is 0 Å². The molecule has 1 unspecified atom stereocenters. The van der Waals surface area contributed by atoms with Crippen molar-refractivity contribution in [3.8, 4) is 0 Å². The largest absolute Gasteiger partial charge is 0.379 e. The van der Waals surface area contributed by atoms with Gasteiger partial charge in [-0.1, -0.05) is 24.3 Å². The summed E-state index contributed by atoms with van der Waals surface area (Å²) in [6.07, 6.45) is 1.21. The van der Waals surface area contributed by atoms with Crippen molar-refractivity contribution in [3.63, 3.8) is 0 Å². The van der Waals surface area contributed by atoms with Crippen LogP contribution in [-0.2, 0) is 11.3 Å². The van der Waals surface area contributed by atoms with Gasteiger partial charge >= 0.3 is 0 Å². The standard InChI is InChI=1S/C14H20N2O/c1-2-4-13-12(3-1)11-15-14(13)5-6-16-7-9-17-10-8-16/h1-4,14-15H,5-11H2. The van der Waals surface area contributed by atoms with E-state index in [2.05, 4.69) is 34.5 Å². The first-order chi connectivity index (χ1) is 8.43. The Labute approximate surface area is 103 Å². The molecule has 1 aromatic carbocycles. The third-order valence-corrected chi connectivity index (χ3v) is 3.81. The summed E-state index contributed by atoms with van der Waals surface area (Å²) < 4.78 is 5.37. The minimum Gasteiger partial charge on any atom is -0.379 e. The van der Waals surface area contributed by atoms with E-state index in [1.807, 2.05) is 0 Å². The zero-order valence-corrected chi connectivity index (χ0v) is 10.2. The van der Waals surface area contributed by atoms with Gasteiger partial charge in [0, 0.05) is 32.2 Å². The van der Waals surface area contributed by atoms with Crippen molar-refractivity contribution in [2.24, 2.45) is 0 Å². The molecule has 92 valence electrons. The smallest absolute Gasteiger partial charge is 0.0594 e. The van der Waals surface area contributed by atoms with Gasteiger partial charge in [0.1, 0.15) is 0 Å². The molecule has 1 N–H and O–H groups in total. The van der Waals surface area contributed by atoms with Gasteiger partial charge in [-0.25, -0.2) is 0 Å². The summed E-state index contributed by atoms with van der Waals surface area (Å²) in [6.45, 7) is 6.19. The highest BCUT2D eigenvalue weighted by Gasteiger charge is 2.21. The highest BCUT2D eigenvalue weighted by atomic mass is 16.5. The fraction of sp³-hybridized carbons (Fsp3) is 0.571. The molecule has 1 aromatic rings. The first-order valence-corrected chi connectivity index (χ1v) is 6.55. The van der Waals surface area contributed by atoms with E-state index < -0.39 is 0 Å². The molecular formula is C14H20N2O. The summed E-state index contributed by atoms with van der Waals surface area (Å²) in [6, 6.07) is 9.32. The van der Waals surface area contributed by atoms with Crippen LogP contribution in [0.5, 0.6) is 0 Å². The average molecular weight is 232 g/mol. The Balaban J connectivity index is 1.56. The number of ether oxygens (including phenoxy) is 1. The first-order valence-electron chi connectivity index (χ1n) is 6.55. The Morgan fingerprint density at radius 3 is 2.94 bits per heavy atom. The molecule has 3 nitrogen and oxygen atoms in total. The lowest BCUT2D eigenvalue weighted by Crippen LogP contribution is -2.37. The minimum atomic E-state index is 0.550. The maximum atomic E-state index is 5.37. The number of hydrogen-bond donors (Lipinski definition) is 1. The second-order valence-electron chi connectivity index (χ2n) is 4.87. The van der Waals surface area contributed by atoms with E-state index in [1.54, 1.807) is 0 Å². The maximum absolute atomic E-state index is 5.37. The van der Waals surface area contributed by atoms with E-state index in [-0.39, 0.29) is 0 Å². The summed E-state index contributed by atoms with van der Waals surface area (Å²) in [5.74, 6) is 0. The van der Waals surface area contributed by atoms with Crippen molar-refractivity contribution >= 4 is 0 Å². The molecule has 0 bridgehead atoms. The molecule has 0 spiro atoms. The van der Waals surface area contributed by atoms with Gasteiger partial charge in [0.2, 0.25) is 0 Å². The highest BCUT2D eigenvalue weighted by Crippen LogP contribution is 2.27. The number of morpholine rings is 1. The van der Waals surface area contributed by atoms with E-state index >= 15 is 0 Å². The molecule has 17 heavy (non-hydrogen) atoms. The Morgan fingerprint density at radius 2 is 2.06 bits per heavy atom. The van der Waals surface area contributed by atoms with Crippen molar-refractivity contribution in [1.82, 2.24) is 10.2 Å². The van der Waals surface area contributed by atoms with Gasteiger partial charge in [-0.05, 0) is 17.5 Å². The number of nitrogens with one attached hydrogen (secondary N) is 1. The van der Waals surface area contributed by atoms with E-state index in [0.717, 1.165) is 32.8 Å². The van der Waals surface area contributed by atoms with Gasteiger partial charge in [-0.2, -0.15) is 0 Å². The van der Waals surface area contributed by atoms with E-state index in [9.17, 15) is 0 Å². The molecule has 0 aromatic heterocycles. The predicted octanol–water partition coefficient (Wildman–Crippen LogP) is 1.55. The molecule has 1 saturated heterocycles. The zero-order valence-electron chi connectivity index (χ0n) is 10.2. The van der Waals surface area contributed by atoms with Crippen molar-refractivity contribution < 1.29 is 4.74 Å². The van der Waals surface area contributed by atoms with Crippen molar-refractivity contribution in [1.29, 1.82) is 0 Å².